The van der Waals surface area contributed by atoms with E-state index in [1.165, 1.54) is 6.07 Å². The highest BCUT2D eigenvalue weighted by molar-refractivity contribution is 6.29. The molecule has 8 heteroatoms. The molecule has 0 amide bonds. The minimum atomic E-state index is -4.60. The van der Waals surface area contributed by atoms with Gasteiger partial charge in [0.2, 0.25) is 5.82 Å². The molecule has 0 aromatic carbocycles. The van der Waals surface area contributed by atoms with E-state index in [2.05, 4.69) is 9.97 Å². The Kier molecular flexibility index (Phi) is 4.15. The smallest absolute Gasteiger partial charge is 0.377 e. The van der Waals surface area contributed by atoms with Gasteiger partial charge in [-0.25, -0.2) is 9.97 Å². The van der Waals surface area contributed by atoms with Gasteiger partial charge in [0.05, 0.1) is 19.3 Å². The van der Waals surface area contributed by atoms with Crippen molar-refractivity contribution in [3.05, 3.63) is 17.0 Å². The Balaban J connectivity index is 2.35. The molecule has 1 aromatic heterocycles. The monoisotopic (exact) mass is 295 g/mol. The van der Waals surface area contributed by atoms with Crippen LogP contribution in [0.4, 0.5) is 19.0 Å². The van der Waals surface area contributed by atoms with E-state index in [0.29, 0.717) is 19.8 Å². The molecule has 2 rings (SSSR count). The number of ether oxygens (including phenoxy) is 1. The van der Waals surface area contributed by atoms with Gasteiger partial charge in [-0.15, -0.1) is 0 Å². The van der Waals surface area contributed by atoms with Crippen LogP contribution in [-0.2, 0) is 10.9 Å². The van der Waals surface area contributed by atoms with E-state index in [0.717, 1.165) is 6.42 Å². The Bertz CT molecular complexity index is 455. The molecule has 1 atom stereocenters. The second kappa shape index (κ2) is 5.50. The molecule has 0 bridgehead atoms. The van der Waals surface area contributed by atoms with Crippen LogP contribution in [0.15, 0.2) is 6.07 Å². The summed E-state index contributed by atoms with van der Waals surface area (Å²) in [4.78, 5) is 8.58. The van der Waals surface area contributed by atoms with Crippen molar-refractivity contribution in [1.29, 1.82) is 0 Å². The Labute approximate surface area is 113 Å². The van der Waals surface area contributed by atoms with E-state index in [4.69, 9.17) is 16.3 Å². The number of halogens is 4. The molecule has 1 aliphatic heterocycles. The van der Waals surface area contributed by atoms with Crippen molar-refractivity contribution in [3.63, 3.8) is 0 Å². The fourth-order valence-electron chi connectivity index (χ4n) is 1.97. The molecular weight excluding hydrogens is 283 g/mol. The quantitative estimate of drug-likeness (QED) is 0.787. The molecule has 1 unspecified atom stereocenters. The lowest BCUT2D eigenvalue weighted by Crippen LogP contribution is -2.45. The van der Waals surface area contributed by atoms with Crippen LogP contribution in [0, 0.1) is 0 Å². The summed E-state index contributed by atoms with van der Waals surface area (Å²) in [6.45, 7) is 3.36. The van der Waals surface area contributed by atoms with Gasteiger partial charge in [-0.2, -0.15) is 13.2 Å². The maximum Gasteiger partial charge on any atom is 0.451 e. The van der Waals surface area contributed by atoms with Crippen molar-refractivity contribution in [1.82, 2.24) is 9.97 Å². The first kappa shape index (κ1) is 14.3. The van der Waals surface area contributed by atoms with Crippen LogP contribution in [0.5, 0.6) is 0 Å². The lowest BCUT2D eigenvalue weighted by atomic mass is 10.2. The van der Waals surface area contributed by atoms with Gasteiger partial charge in [-0.3, -0.25) is 0 Å². The second-order valence-electron chi connectivity index (χ2n) is 4.20. The maximum atomic E-state index is 12.7. The number of hydrogen-bond acceptors (Lipinski definition) is 4. The van der Waals surface area contributed by atoms with E-state index < -0.39 is 12.0 Å². The number of morpholine rings is 1. The predicted molar refractivity (Wildman–Crippen MR) is 64.3 cm³/mol. The maximum absolute atomic E-state index is 12.7. The lowest BCUT2D eigenvalue weighted by Gasteiger charge is -2.36. The van der Waals surface area contributed by atoms with Crippen molar-refractivity contribution < 1.29 is 17.9 Å². The largest absolute Gasteiger partial charge is 0.451 e. The summed E-state index contributed by atoms with van der Waals surface area (Å²) in [5.41, 5.74) is 0. The normalized spacial score (nSPS) is 20.7. The lowest BCUT2D eigenvalue weighted by molar-refractivity contribution is -0.144. The van der Waals surface area contributed by atoms with E-state index in [9.17, 15) is 13.2 Å². The molecule has 106 valence electrons. The summed E-state index contributed by atoms with van der Waals surface area (Å²) in [5, 5.41) is -0.210. The van der Waals surface area contributed by atoms with Gasteiger partial charge in [0.1, 0.15) is 11.0 Å². The van der Waals surface area contributed by atoms with E-state index >= 15 is 0 Å². The van der Waals surface area contributed by atoms with Crippen LogP contribution in [0.2, 0.25) is 5.15 Å². The zero-order valence-corrected chi connectivity index (χ0v) is 11.0. The highest BCUT2D eigenvalue weighted by Crippen LogP contribution is 2.30. The highest BCUT2D eigenvalue weighted by atomic mass is 35.5. The fourth-order valence-corrected chi connectivity index (χ4v) is 2.15. The van der Waals surface area contributed by atoms with E-state index in [1.54, 1.807) is 4.90 Å². The zero-order valence-electron chi connectivity index (χ0n) is 10.2. The second-order valence-corrected chi connectivity index (χ2v) is 4.59. The predicted octanol–water partition coefficient (Wildman–Crippen LogP) is 2.76. The number of nitrogens with zero attached hydrogens (tertiary/aromatic N) is 3. The molecule has 0 spiro atoms. The van der Waals surface area contributed by atoms with Crippen molar-refractivity contribution in [2.45, 2.75) is 25.6 Å². The molecule has 0 saturated carbocycles. The zero-order chi connectivity index (χ0) is 14.0. The number of rotatable bonds is 2. The Morgan fingerprint density at radius 2 is 2.21 bits per heavy atom. The third kappa shape index (κ3) is 3.27. The number of aromatic nitrogens is 2. The van der Waals surface area contributed by atoms with Gasteiger partial charge < -0.3 is 9.64 Å². The summed E-state index contributed by atoms with van der Waals surface area (Å²) in [7, 11) is 0. The van der Waals surface area contributed by atoms with Gasteiger partial charge in [-0.1, -0.05) is 18.5 Å². The number of hydrogen-bond donors (Lipinski definition) is 0. The first-order valence-electron chi connectivity index (χ1n) is 5.88. The topological polar surface area (TPSA) is 38.2 Å². The number of alkyl halides is 3. The summed E-state index contributed by atoms with van der Waals surface area (Å²) in [6, 6.07) is 1.35. The highest BCUT2D eigenvalue weighted by Gasteiger charge is 2.36. The Morgan fingerprint density at radius 1 is 1.47 bits per heavy atom. The number of anilines is 1. The van der Waals surface area contributed by atoms with Crippen molar-refractivity contribution in [3.8, 4) is 0 Å². The van der Waals surface area contributed by atoms with Gasteiger partial charge in [0.15, 0.2) is 0 Å². The third-order valence-electron chi connectivity index (χ3n) is 2.93. The van der Waals surface area contributed by atoms with Crippen LogP contribution < -0.4 is 4.90 Å². The summed E-state index contributed by atoms with van der Waals surface area (Å²) in [5.74, 6) is -1.01. The molecule has 4 nitrogen and oxygen atoms in total. The van der Waals surface area contributed by atoms with Crippen molar-refractivity contribution >= 4 is 17.4 Å². The molecule has 2 heterocycles. The fraction of sp³-hybridized carbons (Fsp3) is 0.636. The molecule has 1 saturated heterocycles. The first-order chi connectivity index (χ1) is 8.91. The van der Waals surface area contributed by atoms with E-state index in [-0.39, 0.29) is 17.0 Å². The minimum Gasteiger partial charge on any atom is -0.377 e. The summed E-state index contributed by atoms with van der Waals surface area (Å²) in [6.07, 6.45) is -3.85. The van der Waals surface area contributed by atoms with Crippen molar-refractivity contribution in [2.75, 3.05) is 24.7 Å². The molecule has 0 aliphatic carbocycles. The standard InChI is InChI=1S/C11H13ClF3N3O/c1-2-7-6-19-4-3-18(7)9-5-8(12)16-10(17-9)11(13,14)15/h5,7H,2-4,6H2,1H3. The average Bonchev–Trinajstić information content (AvgIpc) is 2.37. The molecule has 19 heavy (non-hydrogen) atoms. The Morgan fingerprint density at radius 3 is 2.84 bits per heavy atom. The van der Waals surface area contributed by atoms with Crippen LogP contribution in [0.3, 0.4) is 0 Å². The molecular formula is C11H13ClF3N3O. The van der Waals surface area contributed by atoms with Gasteiger partial charge in [-0.05, 0) is 6.42 Å². The molecule has 1 aromatic rings. The third-order valence-corrected chi connectivity index (χ3v) is 3.12. The average molecular weight is 296 g/mol. The Hall–Kier alpha value is -1.08. The van der Waals surface area contributed by atoms with Crippen LogP contribution in [0.25, 0.3) is 0 Å². The first-order valence-corrected chi connectivity index (χ1v) is 6.25. The minimum absolute atomic E-state index is 0.000741. The van der Waals surface area contributed by atoms with Crippen LogP contribution >= 0.6 is 11.6 Å². The molecule has 0 radical (unpaired) electrons. The SMILES string of the molecule is CCC1COCCN1c1cc(Cl)nc(C(F)(F)F)n1. The van der Waals surface area contributed by atoms with Crippen LogP contribution in [-0.4, -0.2) is 35.8 Å². The van der Waals surface area contributed by atoms with Crippen LogP contribution in [0.1, 0.15) is 19.2 Å². The summed E-state index contributed by atoms with van der Waals surface area (Å²) >= 11 is 5.66. The van der Waals surface area contributed by atoms with Gasteiger partial charge in [0, 0.05) is 12.6 Å². The van der Waals surface area contributed by atoms with Gasteiger partial charge in [0.25, 0.3) is 0 Å². The van der Waals surface area contributed by atoms with Gasteiger partial charge >= 0.3 is 6.18 Å². The van der Waals surface area contributed by atoms with Crippen molar-refractivity contribution in [2.24, 2.45) is 0 Å². The van der Waals surface area contributed by atoms with E-state index in [1.807, 2.05) is 6.92 Å². The molecule has 1 fully saturated rings. The summed E-state index contributed by atoms with van der Waals surface area (Å²) < 4.78 is 43.3. The molecule has 1 aliphatic rings. The molecule has 0 N–H and O–H groups in total.